The number of hydrogen-bond donors (Lipinski definition) is 1. The van der Waals surface area contributed by atoms with Crippen LogP contribution in [0.1, 0.15) is 32.6 Å². The van der Waals surface area contributed by atoms with Crippen LogP contribution in [0.5, 0.6) is 0 Å². The summed E-state index contributed by atoms with van der Waals surface area (Å²) in [5.41, 5.74) is 0. The second kappa shape index (κ2) is 5.15. The maximum Gasteiger partial charge on any atom is 0.303 e. The third-order valence-electron chi connectivity index (χ3n) is 3.82. The summed E-state index contributed by atoms with van der Waals surface area (Å²) in [7, 11) is 0. The molecule has 92 valence electrons. The van der Waals surface area contributed by atoms with Gasteiger partial charge in [-0.25, -0.2) is 0 Å². The van der Waals surface area contributed by atoms with Gasteiger partial charge in [-0.2, -0.15) is 0 Å². The molecule has 0 bridgehead atoms. The Labute approximate surface area is 96.6 Å². The SMILES string of the molecule is CC1OCCC1N1CCCC(CC(=O)O)C1. The molecule has 2 heterocycles. The molecule has 3 unspecified atom stereocenters. The second-order valence-electron chi connectivity index (χ2n) is 5.03. The number of piperidine rings is 1. The van der Waals surface area contributed by atoms with Crippen molar-refractivity contribution in [2.45, 2.75) is 44.8 Å². The van der Waals surface area contributed by atoms with Crippen molar-refractivity contribution in [2.24, 2.45) is 5.92 Å². The van der Waals surface area contributed by atoms with E-state index in [0.717, 1.165) is 39.0 Å². The predicted molar refractivity (Wildman–Crippen MR) is 60.4 cm³/mol. The monoisotopic (exact) mass is 227 g/mol. The van der Waals surface area contributed by atoms with E-state index in [4.69, 9.17) is 9.84 Å². The average molecular weight is 227 g/mol. The number of nitrogens with zero attached hydrogens (tertiary/aromatic N) is 1. The Hall–Kier alpha value is -0.610. The fourth-order valence-corrected chi connectivity index (χ4v) is 3.01. The largest absolute Gasteiger partial charge is 0.481 e. The highest BCUT2D eigenvalue weighted by molar-refractivity contribution is 5.67. The van der Waals surface area contributed by atoms with Crippen LogP contribution in [-0.2, 0) is 9.53 Å². The minimum Gasteiger partial charge on any atom is -0.481 e. The molecule has 0 aromatic heterocycles. The topological polar surface area (TPSA) is 49.8 Å². The summed E-state index contributed by atoms with van der Waals surface area (Å²) in [5.74, 6) is -0.332. The van der Waals surface area contributed by atoms with E-state index in [0.29, 0.717) is 24.5 Å². The molecule has 2 aliphatic heterocycles. The van der Waals surface area contributed by atoms with Crippen molar-refractivity contribution in [1.29, 1.82) is 0 Å². The van der Waals surface area contributed by atoms with Crippen molar-refractivity contribution in [1.82, 2.24) is 4.90 Å². The van der Waals surface area contributed by atoms with Crippen LogP contribution >= 0.6 is 0 Å². The lowest BCUT2D eigenvalue weighted by Crippen LogP contribution is -2.46. The standard InChI is InChI=1S/C12H21NO3/c1-9-11(4-6-16-9)13-5-2-3-10(8-13)7-12(14)15/h9-11H,2-8H2,1H3,(H,14,15). The van der Waals surface area contributed by atoms with Crippen LogP contribution in [0.3, 0.4) is 0 Å². The van der Waals surface area contributed by atoms with Crippen molar-refractivity contribution in [3.63, 3.8) is 0 Å². The van der Waals surface area contributed by atoms with Gasteiger partial charge in [0.2, 0.25) is 0 Å². The fraction of sp³-hybridized carbons (Fsp3) is 0.917. The van der Waals surface area contributed by atoms with Crippen molar-refractivity contribution in [2.75, 3.05) is 19.7 Å². The number of rotatable bonds is 3. The highest BCUT2D eigenvalue weighted by Crippen LogP contribution is 2.26. The number of ether oxygens (including phenoxy) is 1. The summed E-state index contributed by atoms with van der Waals surface area (Å²) in [6.45, 7) is 5.02. The summed E-state index contributed by atoms with van der Waals surface area (Å²) in [4.78, 5) is 13.2. The van der Waals surface area contributed by atoms with Crippen LogP contribution in [0.4, 0.5) is 0 Å². The Kier molecular flexibility index (Phi) is 3.82. The maximum absolute atomic E-state index is 10.7. The van der Waals surface area contributed by atoms with Crippen LogP contribution < -0.4 is 0 Å². The van der Waals surface area contributed by atoms with E-state index >= 15 is 0 Å². The Morgan fingerprint density at radius 3 is 2.94 bits per heavy atom. The zero-order valence-corrected chi connectivity index (χ0v) is 9.89. The molecule has 0 saturated carbocycles. The van der Waals surface area contributed by atoms with E-state index in [9.17, 15) is 4.79 Å². The first-order valence-corrected chi connectivity index (χ1v) is 6.24. The van der Waals surface area contributed by atoms with Crippen LogP contribution in [0.2, 0.25) is 0 Å². The Morgan fingerprint density at radius 1 is 1.50 bits per heavy atom. The number of carboxylic acid groups (broad SMARTS) is 1. The van der Waals surface area contributed by atoms with Gasteiger partial charge in [0.05, 0.1) is 6.10 Å². The number of hydrogen-bond acceptors (Lipinski definition) is 3. The average Bonchev–Trinajstić information content (AvgIpc) is 2.64. The van der Waals surface area contributed by atoms with Crippen LogP contribution in [-0.4, -0.2) is 47.8 Å². The lowest BCUT2D eigenvalue weighted by atomic mass is 9.93. The van der Waals surface area contributed by atoms with Crippen molar-refractivity contribution < 1.29 is 14.6 Å². The van der Waals surface area contributed by atoms with Gasteiger partial charge in [0.25, 0.3) is 0 Å². The van der Waals surface area contributed by atoms with E-state index in [2.05, 4.69) is 11.8 Å². The van der Waals surface area contributed by atoms with Gasteiger partial charge in [-0.3, -0.25) is 9.69 Å². The molecule has 3 atom stereocenters. The quantitative estimate of drug-likeness (QED) is 0.790. The third-order valence-corrected chi connectivity index (χ3v) is 3.82. The number of carbonyl (C=O) groups is 1. The molecule has 2 aliphatic rings. The van der Waals surface area contributed by atoms with Gasteiger partial charge in [-0.1, -0.05) is 0 Å². The molecule has 0 aliphatic carbocycles. The Bertz CT molecular complexity index is 257. The lowest BCUT2D eigenvalue weighted by molar-refractivity contribution is -0.138. The predicted octanol–water partition coefficient (Wildman–Crippen LogP) is 1.35. The second-order valence-corrected chi connectivity index (χ2v) is 5.03. The fourth-order valence-electron chi connectivity index (χ4n) is 3.01. The van der Waals surface area contributed by atoms with E-state index < -0.39 is 5.97 Å². The smallest absolute Gasteiger partial charge is 0.303 e. The molecule has 1 N–H and O–H groups in total. The van der Waals surface area contributed by atoms with Gasteiger partial charge < -0.3 is 9.84 Å². The zero-order valence-electron chi connectivity index (χ0n) is 9.89. The molecule has 4 heteroatoms. The first-order valence-electron chi connectivity index (χ1n) is 6.24. The molecule has 0 aromatic carbocycles. The van der Waals surface area contributed by atoms with Crippen LogP contribution in [0.15, 0.2) is 0 Å². The minimum absolute atomic E-state index is 0.309. The van der Waals surface area contributed by atoms with Gasteiger partial charge >= 0.3 is 5.97 Å². The Morgan fingerprint density at radius 2 is 2.31 bits per heavy atom. The molecule has 4 nitrogen and oxygen atoms in total. The van der Waals surface area contributed by atoms with Crippen LogP contribution in [0, 0.1) is 5.92 Å². The summed E-state index contributed by atoms with van der Waals surface area (Å²) in [6, 6.07) is 0.511. The van der Waals surface area contributed by atoms with Crippen molar-refractivity contribution in [3.05, 3.63) is 0 Å². The van der Waals surface area contributed by atoms with Gasteiger partial charge in [0.1, 0.15) is 0 Å². The van der Waals surface area contributed by atoms with Gasteiger partial charge in [-0.05, 0) is 38.6 Å². The molecule has 0 radical (unpaired) electrons. The van der Waals surface area contributed by atoms with Crippen molar-refractivity contribution in [3.8, 4) is 0 Å². The number of aliphatic carboxylic acids is 1. The van der Waals surface area contributed by atoms with E-state index in [1.165, 1.54) is 0 Å². The molecular formula is C12H21NO3. The molecule has 2 saturated heterocycles. The summed E-state index contributed by atoms with van der Waals surface area (Å²) < 4.78 is 5.58. The molecule has 16 heavy (non-hydrogen) atoms. The molecule has 0 aromatic rings. The number of carboxylic acids is 1. The molecule has 2 rings (SSSR count). The summed E-state index contributed by atoms with van der Waals surface area (Å²) in [5, 5.41) is 8.83. The van der Waals surface area contributed by atoms with Crippen molar-refractivity contribution >= 4 is 5.97 Å². The minimum atomic E-state index is -0.664. The number of likely N-dealkylation sites (tertiary alicyclic amines) is 1. The molecule has 2 fully saturated rings. The van der Waals surface area contributed by atoms with E-state index in [1.807, 2.05) is 0 Å². The highest BCUT2D eigenvalue weighted by atomic mass is 16.5. The summed E-state index contributed by atoms with van der Waals surface area (Å²) >= 11 is 0. The first kappa shape index (κ1) is 11.9. The third kappa shape index (κ3) is 2.74. The summed E-state index contributed by atoms with van der Waals surface area (Å²) in [6.07, 6.45) is 3.91. The molecular weight excluding hydrogens is 206 g/mol. The Balaban J connectivity index is 1.88. The van der Waals surface area contributed by atoms with Gasteiger partial charge in [0, 0.05) is 25.6 Å². The molecule has 0 spiro atoms. The van der Waals surface area contributed by atoms with Gasteiger partial charge in [0.15, 0.2) is 0 Å². The van der Waals surface area contributed by atoms with Gasteiger partial charge in [-0.15, -0.1) is 0 Å². The maximum atomic E-state index is 10.7. The van der Waals surface area contributed by atoms with Crippen LogP contribution in [0.25, 0.3) is 0 Å². The zero-order chi connectivity index (χ0) is 11.5. The normalized spacial score (nSPS) is 36.4. The first-order chi connectivity index (χ1) is 7.66. The van der Waals surface area contributed by atoms with E-state index in [1.54, 1.807) is 0 Å². The highest BCUT2D eigenvalue weighted by Gasteiger charge is 2.33. The molecule has 0 amide bonds. The van der Waals surface area contributed by atoms with E-state index in [-0.39, 0.29) is 0 Å². The lowest BCUT2D eigenvalue weighted by Gasteiger charge is -2.37.